The van der Waals surface area contributed by atoms with Crippen LogP contribution in [0.2, 0.25) is 0 Å². The molecule has 5 heteroatoms. The molecule has 0 amide bonds. The first kappa shape index (κ1) is 24.5. The van der Waals surface area contributed by atoms with Crippen molar-refractivity contribution >= 4 is 5.97 Å². The molecule has 0 atom stereocenters. The van der Waals surface area contributed by atoms with Crippen molar-refractivity contribution < 1.29 is 20.1 Å². The van der Waals surface area contributed by atoms with Crippen molar-refractivity contribution in [1.29, 1.82) is 0 Å². The van der Waals surface area contributed by atoms with E-state index >= 15 is 0 Å². The first-order valence-corrected chi connectivity index (χ1v) is 5.42. The third-order valence-electron chi connectivity index (χ3n) is 1.69. The molecule has 0 aromatic rings. The summed E-state index contributed by atoms with van der Waals surface area (Å²) in [5.74, 6) is -0.211. The van der Waals surface area contributed by atoms with Gasteiger partial charge in [0.05, 0.1) is 6.61 Å². The summed E-state index contributed by atoms with van der Waals surface area (Å²) < 4.78 is 4.40. The maximum atomic E-state index is 9.82. The van der Waals surface area contributed by atoms with Gasteiger partial charge in [0, 0.05) is 14.0 Å². The number of aliphatic hydroxyl groups excluding tert-OH is 1. The maximum absolute atomic E-state index is 9.82. The fraction of sp³-hybridized carbons (Fsp3) is 0.909. The van der Waals surface area contributed by atoms with Crippen molar-refractivity contribution in [2.45, 2.75) is 34.6 Å². The smallest absolute Gasteiger partial charge is 0.302 e. The number of carbonyl (C=O) groups is 1. The first-order valence-electron chi connectivity index (χ1n) is 5.42. The lowest BCUT2D eigenvalue weighted by molar-refractivity contribution is -0.140. The van der Waals surface area contributed by atoms with Crippen LogP contribution in [0.3, 0.4) is 0 Å². The summed E-state index contributed by atoms with van der Waals surface area (Å²) in [5.41, 5.74) is 0. The van der Waals surface area contributed by atoms with Crippen LogP contribution in [-0.2, 0) is 9.53 Å². The zero-order valence-electron chi connectivity index (χ0n) is 11.5. The van der Waals surface area contributed by atoms with Gasteiger partial charge < -0.3 is 20.2 Å². The Kier molecular flexibility index (Phi) is 36.6. The van der Waals surface area contributed by atoms with Gasteiger partial charge in [-0.05, 0) is 26.6 Å². The van der Waals surface area contributed by atoms with Crippen molar-refractivity contribution in [3.63, 3.8) is 0 Å². The number of aliphatic hydroxyl groups is 1. The number of hydrogen-bond donors (Lipinski definition) is 1. The monoisotopic (exact) mass is 239 g/mol. The van der Waals surface area contributed by atoms with Crippen LogP contribution in [0.4, 0.5) is 0 Å². The van der Waals surface area contributed by atoms with Crippen LogP contribution < -0.4 is 0 Å². The van der Waals surface area contributed by atoms with Gasteiger partial charge in [-0.3, -0.25) is 4.79 Å². The molecule has 0 aromatic carbocycles. The number of nitrogens with zero attached hydrogens (tertiary/aromatic N) is 1. The Hall–Kier alpha value is -0.650. The Bertz CT molecular complexity index is 111. The highest BCUT2D eigenvalue weighted by Gasteiger charge is 1.89. The van der Waals surface area contributed by atoms with Gasteiger partial charge in [0.2, 0.25) is 0 Å². The SMILES string of the molecule is CCN(CC)CC.CCOC(C)=O.CO.O. The lowest BCUT2D eigenvalue weighted by Crippen LogP contribution is -2.21. The molecule has 3 N–H and O–H groups in total. The quantitative estimate of drug-likeness (QED) is 0.732. The first-order chi connectivity index (χ1) is 7.12. The number of ether oxygens (including phenoxy) is 1. The summed E-state index contributed by atoms with van der Waals surface area (Å²) in [5, 5.41) is 7.00. The number of carbonyl (C=O) groups excluding carboxylic acids is 1. The van der Waals surface area contributed by atoms with E-state index in [1.807, 2.05) is 0 Å². The zero-order chi connectivity index (χ0) is 12.7. The highest BCUT2D eigenvalue weighted by Crippen LogP contribution is 1.81. The Morgan fingerprint density at radius 1 is 1.06 bits per heavy atom. The predicted octanol–water partition coefficient (Wildman–Crippen LogP) is 0.701. The Morgan fingerprint density at radius 2 is 1.38 bits per heavy atom. The maximum Gasteiger partial charge on any atom is 0.302 e. The van der Waals surface area contributed by atoms with E-state index in [0.29, 0.717) is 6.61 Å². The topological polar surface area (TPSA) is 81.3 Å². The van der Waals surface area contributed by atoms with E-state index < -0.39 is 0 Å². The molecule has 0 heterocycles. The second kappa shape index (κ2) is 23.9. The molecule has 0 fully saturated rings. The van der Waals surface area contributed by atoms with Crippen LogP contribution in [0.25, 0.3) is 0 Å². The summed E-state index contributed by atoms with van der Waals surface area (Å²) >= 11 is 0. The van der Waals surface area contributed by atoms with Crippen molar-refractivity contribution in [2.24, 2.45) is 0 Å². The van der Waals surface area contributed by atoms with Gasteiger partial charge in [-0.2, -0.15) is 0 Å². The Balaban J connectivity index is -0.0000000743. The van der Waals surface area contributed by atoms with E-state index in [1.165, 1.54) is 26.6 Å². The largest absolute Gasteiger partial charge is 0.466 e. The van der Waals surface area contributed by atoms with E-state index in [-0.39, 0.29) is 11.4 Å². The lowest BCUT2D eigenvalue weighted by Gasteiger charge is -2.13. The minimum Gasteiger partial charge on any atom is -0.466 e. The average Bonchev–Trinajstić information content (AvgIpc) is 2.24. The molecule has 0 saturated carbocycles. The summed E-state index contributed by atoms with van der Waals surface area (Å²) in [6, 6.07) is 0. The molecule has 5 nitrogen and oxygen atoms in total. The predicted molar refractivity (Wildman–Crippen MR) is 67.5 cm³/mol. The van der Waals surface area contributed by atoms with E-state index in [0.717, 1.165) is 7.11 Å². The Labute approximate surface area is 99.7 Å². The van der Waals surface area contributed by atoms with E-state index in [4.69, 9.17) is 5.11 Å². The molecular weight excluding hydrogens is 210 g/mol. The molecule has 0 aliphatic heterocycles. The molecule has 16 heavy (non-hydrogen) atoms. The van der Waals surface area contributed by atoms with E-state index in [1.54, 1.807) is 6.92 Å². The van der Waals surface area contributed by atoms with Crippen LogP contribution in [0.5, 0.6) is 0 Å². The van der Waals surface area contributed by atoms with Crippen LogP contribution >= 0.6 is 0 Å². The minimum absolute atomic E-state index is 0. The van der Waals surface area contributed by atoms with Crippen LogP contribution in [-0.4, -0.2) is 54.8 Å². The van der Waals surface area contributed by atoms with Crippen LogP contribution in [0, 0.1) is 0 Å². The molecule has 0 saturated heterocycles. The molecule has 0 aliphatic rings. The van der Waals surface area contributed by atoms with Gasteiger partial charge in [0.1, 0.15) is 0 Å². The fourth-order valence-corrected chi connectivity index (χ4v) is 0.874. The third kappa shape index (κ3) is 29.2. The Morgan fingerprint density at radius 3 is 1.38 bits per heavy atom. The molecule has 0 rings (SSSR count). The minimum atomic E-state index is -0.211. The molecule has 0 spiro atoms. The van der Waals surface area contributed by atoms with Crippen LogP contribution in [0.1, 0.15) is 34.6 Å². The van der Waals surface area contributed by atoms with Gasteiger partial charge in [-0.15, -0.1) is 0 Å². The standard InChI is InChI=1S/C6H15N.C4H8O2.CH4O.H2O/c1-4-7(5-2)6-3;1-3-6-4(2)5;1-2;/h4-6H2,1-3H3;3H2,1-2H3;2H,1H3;1H2. The highest BCUT2D eigenvalue weighted by atomic mass is 16.5. The van der Waals surface area contributed by atoms with Crippen LogP contribution in [0.15, 0.2) is 0 Å². The average molecular weight is 239 g/mol. The molecule has 0 aromatic heterocycles. The second-order valence-electron chi connectivity index (χ2n) is 2.54. The lowest BCUT2D eigenvalue weighted by atomic mass is 10.5. The molecule has 0 radical (unpaired) electrons. The van der Waals surface area contributed by atoms with Gasteiger partial charge in [0.15, 0.2) is 0 Å². The van der Waals surface area contributed by atoms with E-state index in [2.05, 4.69) is 30.4 Å². The summed E-state index contributed by atoms with van der Waals surface area (Å²) in [6.07, 6.45) is 0. The zero-order valence-corrected chi connectivity index (χ0v) is 11.5. The molecule has 0 unspecified atom stereocenters. The third-order valence-corrected chi connectivity index (χ3v) is 1.69. The molecular formula is C11H29NO4. The molecule has 102 valence electrons. The van der Waals surface area contributed by atoms with Crippen molar-refractivity contribution in [2.75, 3.05) is 33.4 Å². The number of hydrogen-bond acceptors (Lipinski definition) is 4. The summed E-state index contributed by atoms with van der Waals surface area (Å²) in [7, 11) is 1.00. The van der Waals surface area contributed by atoms with Gasteiger partial charge in [0.25, 0.3) is 0 Å². The number of rotatable bonds is 4. The number of esters is 1. The fourth-order valence-electron chi connectivity index (χ4n) is 0.874. The van der Waals surface area contributed by atoms with Gasteiger partial charge in [-0.1, -0.05) is 20.8 Å². The second-order valence-corrected chi connectivity index (χ2v) is 2.54. The van der Waals surface area contributed by atoms with Crippen molar-refractivity contribution in [3.8, 4) is 0 Å². The van der Waals surface area contributed by atoms with Crippen molar-refractivity contribution in [3.05, 3.63) is 0 Å². The van der Waals surface area contributed by atoms with Gasteiger partial charge >= 0.3 is 5.97 Å². The highest BCUT2D eigenvalue weighted by molar-refractivity contribution is 5.65. The summed E-state index contributed by atoms with van der Waals surface area (Å²) in [6.45, 7) is 13.8. The molecule has 0 aliphatic carbocycles. The molecule has 0 bridgehead atoms. The normalized spacial score (nSPS) is 7.75. The summed E-state index contributed by atoms with van der Waals surface area (Å²) in [4.78, 5) is 12.2. The van der Waals surface area contributed by atoms with Gasteiger partial charge in [-0.25, -0.2) is 0 Å². The van der Waals surface area contributed by atoms with E-state index in [9.17, 15) is 4.79 Å². The van der Waals surface area contributed by atoms with Crippen molar-refractivity contribution in [1.82, 2.24) is 4.90 Å².